The summed E-state index contributed by atoms with van der Waals surface area (Å²) in [5, 5.41) is 0. The summed E-state index contributed by atoms with van der Waals surface area (Å²) in [6, 6.07) is 167. The molecule has 0 aliphatic heterocycles. The van der Waals surface area contributed by atoms with Gasteiger partial charge in [0, 0.05) is 51.2 Å². The van der Waals surface area contributed by atoms with Crippen molar-refractivity contribution in [2.75, 3.05) is 14.7 Å². The van der Waals surface area contributed by atoms with Gasteiger partial charge in [-0.25, -0.2) is 0 Å². The molecule has 1 spiro atoms. The molecule has 3 heteroatoms. The molecule has 0 radical (unpaired) electrons. The summed E-state index contributed by atoms with van der Waals surface area (Å²) in [5.41, 5.74) is 37.9. The maximum absolute atomic E-state index is 2.51. The fourth-order valence-electron chi connectivity index (χ4n) is 17.2. The summed E-state index contributed by atoms with van der Waals surface area (Å²) in [4.78, 5) is 7.23. The van der Waals surface area contributed by atoms with E-state index < -0.39 is 5.41 Å². The van der Waals surface area contributed by atoms with Crippen molar-refractivity contribution in [2.45, 2.75) is 5.41 Å². The van der Waals surface area contributed by atoms with Gasteiger partial charge in [-0.3, -0.25) is 0 Å². The van der Waals surface area contributed by atoms with Crippen LogP contribution in [0.15, 0.2) is 455 Å². The molecular formula is C109H75N3. The van der Waals surface area contributed by atoms with Crippen molar-refractivity contribution >= 4 is 51.2 Å². The van der Waals surface area contributed by atoms with Gasteiger partial charge in [-0.15, -0.1) is 0 Å². The lowest BCUT2D eigenvalue weighted by Gasteiger charge is -2.33. The lowest BCUT2D eigenvalue weighted by atomic mass is 9.70. The summed E-state index contributed by atoms with van der Waals surface area (Å²) in [5.74, 6) is 0. The number of nitrogens with zero attached hydrogens (tertiary/aromatic N) is 3. The van der Waals surface area contributed by atoms with E-state index in [0.29, 0.717) is 0 Å². The number of hydrogen-bond acceptors (Lipinski definition) is 3. The molecule has 1 atom stereocenters. The lowest BCUT2D eigenvalue weighted by Crippen LogP contribution is -2.26. The molecule has 0 amide bonds. The van der Waals surface area contributed by atoms with E-state index >= 15 is 0 Å². The third-order valence-electron chi connectivity index (χ3n) is 22.7. The molecule has 0 saturated carbocycles. The van der Waals surface area contributed by atoms with Crippen molar-refractivity contribution < 1.29 is 0 Å². The number of anilines is 9. The molecule has 0 N–H and O–H groups in total. The standard InChI is InChI=1S/C109H75N3/c1-6-21-76(22-7-1)82-41-55-92(56-42-82)110(93-57-43-83(44-58-93)77-23-8-2-9-24-77)94-59-51-87(52-60-94)81-37-39-88(40-38-81)90-31-20-32-91(73-90)89-53-67-98(68-54-89)112(97-65-49-86(50-66-97)80-29-14-5-15-30-80)100-70-72-104-102-34-17-19-36-106(102)109(108(104)75-100)105-35-18-16-33-101(105)103-71-69-99(74-107(103)109)111(95-61-45-84(46-62-95)78-25-10-3-11-26-78)96-63-47-85(48-64-96)79-27-12-4-13-28-79/h1-75H. The Bertz CT molecular complexity index is 6210. The second-order valence-electron chi connectivity index (χ2n) is 29.1. The molecule has 2 aliphatic rings. The van der Waals surface area contributed by atoms with E-state index in [1.165, 1.54) is 100 Å². The predicted molar refractivity (Wildman–Crippen MR) is 470 cm³/mol. The van der Waals surface area contributed by atoms with Gasteiger partial charge in [0.1, 0.15) is 0 Å². The normalized spacial score (nSPS) is 12.9. The summed E-state index contributed by atoms with van der Waals surface area (Å²) >= 11 is 0. The average molecular weight is 1430 g/mol. The van der Waals surface area contributed by atoms with Crippen LogP contribution in [0.3, 0.4) is 0 Å². The Morgan fingerprint density at radius 3 is 0.554 bits per heavy atom. The van der Waals surface area contributed by atoms with Crippen LogP contribution in [-0.2, 0) is 5.41 Å². The van der Waals surface area contributed by atoms with Crippen LogP contribution in [0.4, 0.5) is 51.2 Å². The van der Waals surface area contributed by atoms with Crippen LogP contribution >= 0.6 is 0 Å². The van der Waals surface area contributed by atoms with Gasteiger partial charge >= 0.3 is 0 Å². The van der Waals surface area contributed by atoms with Crippen LogP contribution in [0.2, 0.25) is 0 Å². The molecule has 0 fully saturated rings. The molecular weight excluding hydrogens is 1350 g/mol. The second-order valence-corrected chi connectivity index (χ2v) is 29.1. The molecule has 0 aromatic heterocycles. The van der Waals surface area contributed by atoms with Crippen LogP contribution in [0.1, 0.15) is 22.3 Å². The Hall–Kier alpha value is -14.6. The Kier molecular flexibility index (Phi) is 17.2. The van der Waals surface area contributed by atoms with Crippen molar-refractivity contribution in [2.24, 2.45) is 0 Å². The van der Waals surface area contributed by atoms with Gasteiger partial charge in [0.15, 0.2) is 0 Å². The largest absolute Gasteiger partial charge is 0.311 e. The fraction of sp³-hybridized carbons (Fsp3) is 0.00917. The minimum absolute atomic E-state index is 0.661. The van der Waals surface area contributed by atoms with Crippen molar-refractivity contribution in [3.05, 3.63) is 477 Å². The highest BCUT2D eigenvalue weighted by atomic mass is 15.2. The van der Waals surface area contributed by atoms with Gasteiger partial charge in [0.05, 0.1) is 5.41 Å². The Balaban J connectivity index is 0.636. The van der Waals surface area contributed by atoms with Gasteiger partial charge < -0.3 is 14.7 Å². The smallest absolute Gasteiger partial charge is 0.0727 e. The third kappa shape index (κ3) is 12.2. The van der Waals surface area contributed by atoms with Crippen LogP contribution in [0.25, 0.3) is 111 Å². The van der Waals surface area contributed by atoms with Crippen LogP contribution in [-0.4, -0.2) is 0 Å². The number of rotatable bonds is 17. The molecule has 0 saturated heterocycles. The first-order valence-corrected chi connectivity index (χ1v) is 38.6. The number of fused-ring (bicyclic) bond motifs is 10. The van der Waals surface area contributed by atoms with Gasteiger partial charge in [-0.1, -0.05) is 340 Å². The molecule has 0 bridgehead atoms. The Morgan fingerprint density at radius 1 is 0.116 bits per heavy atom. The molecule has 1 unspecified atom stereocenters. The van der Waals surface area contributed by atoms with E-state index in [1.54, 1.807) is 0 Å². The Morgan fingerprint density at radius 2 is 0.295 bits per heavy atom. The highest BCUT2D eigenvalue weighted by Gasteiger charge is 2.52. The van der Waals surface area contributed by atoms with Crippen molar-refractivity contribution in [1.29, 1.82) is 0 Å². The molecule has 20 rings (SSSR count). The maximum atomic E-state index is 2.51. The number of benzene rings is 18. The van der Waals surface area contributed by atoms with E-state index in [-0.39, 0.29) is 0 Å². The minimum Gasteiger partial charge on any atom is -0.311 e. The maximum Gasteiger partial charge on any atom is 0.0727 e. The molecule has 18 aromatic rings. The molecule has 18 aromatic carbocycles. The summed E-state index contributed by atoms with van der Waals surface area (Å²) in [6.07, 6.45) is 0. The minimum atomic E-state index is -0.661. The zero-order valence-corrected chi connectivity index (χ0v) is 61.6. The molecule has 0 heterocycles. The zero-order valence-electron chi connectivity index (χ0n) is 61.6. The SMILES string of the molecule is c1ccc(-c2ccc(N(c3ccc(-c4ccccc4)cc3)c3ccc(-c4ccc(-c5cccc(-c6ccc(N(c7ccc(-c8ccccc8)cc7)c7ccc8c(c7)C7(c9ccccc9-c9ccc(N(c%10ccc(-c%11ccccc%11)cc%10)c%10ccc(-c%11ccccc%11)cc%10)cc97)c7ccccc7-8)cc6)c5)cc4)cc3)cc2)cc1. The first kappa shape index (κ1) is 66.8. The van der Waals surface area contributed by atoms with Crippen molar-refractivity contribution in [3.8, 4) is 111 Å². The molecule has 2 aliphatic carbocycles. The predicted octanol–water partition coefficient (Wildman–Crippen LogP) is 29.8. The van der Waals surface area contributed by atoms with E-state index in [4.69, 9.17) is 0 Å². The van der Waals surface area contributed by atoms with E-state index in [9.17, 15) is 0 Å². The molecule has 112 heavy (non-hydrogen) atoms. The van der Waals surface area contributed by atoms with Crippen LogP contribution in [0, 0.1) is 0 Å². The second kappa shape index (κ2) is 28.8. The van der Waals surface area contributed by atoms with Crippen molar-refractivity contribution in [3.63, 3.8) is 0 Å². The summed E-state index contributed by atoms with van der Waals surface area (Å²) in [7, 11) is 0. The molecule has 526 valence electrons. The lowest BCUT2D eigenvalue weighted by molar-refractivity contribution is 0.793. The first-order chi connectivity index (χ1) is 55.5. The van der Waals surface area contributed by atoms with Crippen molar-refractivity contribution in [1.82, 2.24) is 0 Å². The fourth-order valence-corrected chi connectivity index (χ4v) is 17.2. The zero-order chi connectivity index (χ0) is 74.3. The topological polar surface area (TPSA) is 9.72 Å². The van der Waals surface area contributed by atoms with Gasteiger partial charge in [-0.05, 0) is 249 Å². The van der Waals surface area contributed by atoms with E-state index in [2.05, 4.69) is 470 Å². The monoisotopic (exact) mass is 1430 g/mol. The van der Waals surface area contributed by atoms with E-state index in [1.807, 2.05) is 0 Å². The summed E-state index contributed by atoms with van der Waals surface area (Å²) in [6.45, 7) is 0. The van der Waals surface area contributed by atoms with Gasteiger partial charge in [0.25, 0.3) is 0 Å². The van der Waals surface area contributed by atoms with Crippen LogP contribution < -0.4 is 14.7 Å². The first-order valence-electron chi connectivity index (χ1n) is 38.6. The quantitative estimate of drug-likeness (QED) is 0.0900. The molecule has 3 nitrogen and oxygen atoms in total. The summed E-state index contributed by atoms with van der Waals surface area (Å²) < 4.78 is 0. The highest BCUT2D eigenvalue weighted by Crippen LogP contribution is 2.64. The Labute approximate surface area is 655 Å². The average Bonchev–Trinajstić information content (AvgIpc) is 1.51. The third-order valence-corrected chi connectivity index (χ3v) is 22.7. The van der Waals surface area contributed by atoms with E-state index in [0.717, 1.165) is 84.6 Å². The highest BCUT2D eigenvalue weighted by molar-refractivity contribution is 5.98. The van der Waals surface area contributed by atoms with Gasteiger partial charge in [-0.2, -0.15) is 0 Å². The van der Waals surface area contributed by atoms with Crippen LogP contribution in [0.5, 0.6) is 0 Å². The van der Waals surface area contributed by atoms with Gasteiger partial charge in [0.2, 0.25) is 0 Å². The number of hydrogen-bond donors (Lipinski definition) is 0.